The van der Waals surface area contributed by atoms with Crippen LogP contribution in [0.5, 0.6) is 5.75 Å². The molecule has 0 spiro atoms. The van der Waals surface area contributed by atoms with Gasteiger partial charge in [-0.25, -0.2) is 14.8 Å². The molecule has 0 bridgehead atoms. The molecule has 1 aromatic carbocycles. The van der Waals surface area contributed by atoms with Gasteiger partial charge < -0.3 is 25.0 Å². The molecule has 2 aromatic heterocycles. The molecular formula is C22H25FN8O2. The summed E-state index contributed by atoms with van der Waals surface area (Å²) in [6.45, 7) is 2.20. The maximum absolute atomic E-state index is 14.1. The highest BCUT2D eigenvalue weighted by Gasteiger charge is 2.17. The monoisotopic (exact) mass is 452 g/mol. The molecular weight excluding hydrogens is 427 g/mol. The molecule has 4 rings (SSSR count). The van der Waals surface area contributed by atoms with E-state index in [1.165, 1.54) is 6.21 Å². The molecule has 172 valence electrons. The molecule has 0 radical (unpaired) electrons. The van der Waals surface area contributed by atoms with E-state index in [1.807, 2.05) is 36.0 Å². The van der Waals surface area contributed by atoms with E-state index in [4.69, 9.17) is 4.74 Å². The highest BCUT2D eigenvalue weighted by molar-refractivity contribution is 5.78. The molecule has 3 heterocycles. The van der Waals surface area contributed by atoms with Crippen LogP contribution in [0.2, 0.25) is 0 Å². The van der Waals surface area contributed by atoms with Gasteiger partial charge in [0.05, 0.1) is 43.2 Å². The van der Waals surface area contributed by atoms with Crippen LogP contribution in [0.25, 0.3) is 0 Å². The maximum Gasteiger partial charge on any atom is 0.245 e. The number of ether oxygens (including phenoxy) is 1. The molecule has 1 aliphatic rings. The predicted molar refractivity (Wildman–Crippen MR) is 126 cm³/mol. The summed E-state index contributed by atoms with van der Waals surface area (Å²) in [6.07, 6.45) is 4.30. The van der Waals surface area contributed by atoms with E-state index in [0.29, 0.717) is 32.0 Å². The van der Waals surface area contributed by atoms with E-state index in [1.54, 1.807) is 24.4 Å². The van der Waals surface area contributed by atoms with Gasteiger partial charge in [0, 0.05) is 50.7 Å². The van der Waals surface area contributed by atoms with Crippen LogP contribution in [0.3, 0.4) is 0 Å². The first-order chi connectivity index (χ1) is 16.0. The van der Waals surface area contributed by atoms with Gasteiger partial charge in [-0.15, -0.1) is 0 Å². The lowest BCUT2D eigenvalue weighted by Gasteiger charge is -2.27. The number of phenols is 1. The lowest BCUT2D eigenvalue weighted by Crippen LogP contribution is -2.37. The first-order valence-corrected chi connectivity index (χ1v) is 10.4. The Morgan fingerprint density at radius 2 is 1.94 bits per heavy atom. The van der Waals surface area contributed by atoms with Crippen LogP contribution >= 0.6 is 0 Å². The van der Waals surface area contributed by atoms with Crippen molar-refractivity contribution in [2.75, 3.05) is 60.9 Å². The van der Waals surface area contributed by atoms with Gasteiger partial charge in [0.15, 0.2) is 11.6 Å². The standard InChI is InChI=1S/C22H25FN8O2/c1-30(2)18-9-17(10-19(32)11-18)27-16-4-3-15(24-12-16)13-26-29-22-25-14-20(23)21(28-22)31-5-7-33-8-6-31/h3-4,9-14,27,32H,5-8H2,1-2H3,(H,25,28,29)/b26-13+. The Balaban J connectivity index is 1.38. The van der Waals surface area contributed by atoms with Crippen molar-refractivity contribution in [2.45, 2.75) is 0 Å². The van der Waals surface area contributed by atoms with E-state index in [-0.39, 0.29) is 17.5 Å². The van der Waals surface area contributed by atoms with Crippen LogP contribution in [0, 0.1) is 5.82 Å². The number of anilines is 5. The minimum Gasteiger partial charge on any atom is -0.508 e. The zero-order valence-electron chi connectivity index (χ0n) is 18.4. The fourth-order valence-corrected chi connectivity index (χ4v) is 3.21. The number of hydrogen-bond donors (Lipinski definition) is 3. The highest BCUT2D eigenvalue weighted by Crippen LogP contribution is 2.27. The van der Waals surface area contributed by atoms with Gasteiger partial charge in [-0.1, -0.05) is 0 Å². The van der Waals surface area contributed by atoms with Crippen molar-refractivity contribution < 1.29 is 14.2 Å². The zero-order valence-corrected chi connectivity index (χ0v) is 18.4. The van der Waals surface area contributed by atoms with Gasteiger partial charge in [-0.2, -0.15) is 10.1 Å². The first-order valence-electron chi connectivity index (χ1n) is 10.4. The topological polar surface area (TPSA) is 111 Å². The van der Waals surface area contributed by atoms with Crippen LogP contribution in [-0.4, -0.2) is 66.7 Å². The van der Waals surface area contributed by atoms with Crippen LogP contribution in [-0.2, 0) is 4.74 Å². The second-order valence-corrected chi connectivity index (χ2v) is 7.56. The van der Waals surface area contributed by atoms with E-state index in [9.17, 15) is 9.50 Å². The van der Waals surface area contributed by atoms with Gasteiger partial charge in [-0.3, -0.25) is 4.98 Å². The Hall–Kier alpha value is -3.99. The van der Waals surface area contributed by atoms with Crippen LogP contribution in [0.15, 0.2) is 47.8 Å². The molecule has 1 fully saturated rings. The summed E-state index contributed by atoms with van der Waals surface area (Å²) in [4.78, 5) is 16.2. The molecule has 0 amide bonds. The lowest BCUT2D eigenvalue weighted by atomic mass is 10.2. The third-order valence-corrected chi connectivity index (χ3v) is 4.89. The molecule has 1 saturated heterocycles. The van der Waals surface area contributed by atoms with E-state index >= 15 is 0 Å². The number of halogens is 1. The van der Waals surface area contributed by atoms with Crippen molar-refractivity contribution in [3.05, 3.63) is 54.2 Å². The number of benzene rings is 1. The molecule has 0 saturated carbocycles. The summed E-state index contributed by atoms with van der Waals surface area (Å²) in [5, 5.41) is 17.2. The van der Waals surface area contributed by atoms with Crippen molar-refractivity contribution in [1.29, 1.82) is 0 Å². The summed E-state index contributed by atoms with van der Waals surface area (Å²) >= 11 is 0. The van der Waals surface area contributed by atoms with Crippen LogP contribution in [0.1, 0.15) is 5.69 Å². The van der Waals surface area contributed by atoms with E-state index < -0.39 is 5.82 Å². The predicted octanol–water partition coefficient (Wildman–Crippen LogP) is 2.81. The number of hydrazone groups is 1. The quantitative estimate of drug-likeness (QED) is 0.368. The van der Waals surface area contributed by atoms with Gasteiger partial charge in [0.25, 0.3) is 0 Å². The molecule has 10 nitrogen and oxygen atoms in total. The van der Waals surface area contributed by atoms with Crippen molar-refractivity contribution in [1.82, 2.24) is 15.0 Å². The minimum atomic E-state index is -0.486. The van der Waals surface area contributed by atoms with Gasteiger partial charge in [0.1, 0.15) is 5.75 Å². The molecule has 11 heteroatoms. The third-order valence-electron chi connectivity index (χ3n) is 4.89. The molecule has 3 aromatic rings. The number of rotatable bonds is 7. The van der Waals surface area contributed by atoms with Crippen molar-refractivity contribution in [3.63, 3.8) is 0 Å². The molecule has 0 atom stereocenters. The average molecular weight is 452 g/mol. The summed E-state index contributed by atoms with van der Waals surface area (Å²) < 4.78 is 19.4. The van der Waals surface area contributed by atoms with Crippen LogP contribution < -0.4 is 20.5 Å². The van der Waals surface area contributed by atoms with Crippen molar-refractivity contribution in [2.24, 2.45) is 5.10 Å². The second kappa shape index (κ2) is 10.1. The number of pyridine rings is 1. The second-order valence-electron chi connectivity index (χ2n) is 7.56. The Kier molecular flexibility index (Phi) is 6.79. The van der Waals surface area contributed by atoms with Gasteiger partial charge in [-0.05, 0) is 18.2 Å². The SMILES string of the molecule is CN(C)c1cc(O)cc(Nc2ccc(/C=N/Nc3ncc(F)c(N4CCOCC4)n3)nc2)c1. The maximum atomic E-state index is 14.1. The molecule has 0 aliphatic carbocycles. The molecule has 3 N–H and O–H groups in total. The summed E-state index contributed by atoms with van der Waals surface area (Å²) in [5.74, 6) is 0.101. The van der Waals surface area contributed by atoms with Crippen molar-refractivity contribution in [3.8, 4) is 5.75 Å². The summed E-state index contributed by atoms with van der Waals surface area (Å²) in [7, 11) is 3.81. The highest BCUT2D eigenvalue weighted by atomic mass is 19.1. The number of aromatic hydroxyl groups is 1. The fraction of sp³-hybridized carbons (Fsp3) is 0.273. The number of morpholine rings is 1. The molecule has 0 unspecified atom stereocenters. The fourth-order valence-electron chi connectivity index (χ4n) is 3.21. The number of aromatic nitrogens is 3. The number of nitrogens with zero attached hydrogens (tertiary/aromatic N) is 6. The Morgan fingerprint density at radius 1 is 1.12 bits per heavy atom. The average Bonchev–Trinajstić information content (AvgIpc) is 2.81. The molecule has 1 aliphatic heterocycles. The van der Waals surface area contributed by atoms with E-state index in [2.05, 4.69) is 30.8 Å². The minimum absolute atomic E-state index is 0.172. The number of hydrogen-bond acceptors (Lipinski definition) is 10. The number of phenolic OH excluding ortho intramolecular Hbond substituents is 1. The number of nitrogens with one attached hydrogen (secondary N) is 2. The van der Waals surface area contributed by atoms with E-state index in [0.717, 1.165) is 23.3 Å². The first kappa shape index (κ1) is 22.2. The largest absolute Gasteiger partial charge is 0.508 e. The Labute approximate surface area is 190 Å². The summed E-state index contributed by atoms with van der Waals surface area (Å²) in [5.41, 5.74) is 5.69. The third kappa shape index (κ3) is 5.83. The Morgan fingerprint density at radius 3 is 2.67 bits per heavy atom. The Bertz CT molecular complexity index is 1120. The normalized spacial score (nSPS) is 13.8. The van der Waals surface area contributed by atoms with Crippen LogP contribution in [0.4, 0.5) is 33.2 Å². The van der Waals surface area contributed by atoms with Crippen molar-refractivity contribution >= 4 is 35.0 Å². The van der Waals surface area contributed by atoms with Gasteiger partial charge >= 0.3 is 0 Å². The zero-order chi connectivity index (χ0) is 23.2. The summed E-state index contributed by atoms with van der Waals surface area (Å²) in [6, 6.07) is 8.88. The lowest BCUT2D eigenvalue weighted by molar-refractivity contribution is 0.122. The molecule has 33 heavy (non-hydrogen) atoms. The van der Waals surface area contributed by atoms with Gasteiger partial charge in [0.2, 0.25) is 5.95 Å². The smallest absolute Gasteiger partial charge is 0.245 e.